The molecule has 23 heavy (non-hydrogen) atoms. The fraction of sp³-hybridized carbons (Fsp3) is 0.333. The molecule has 1 aromatic carbocycles. The highest BCUT2D eigenvalue weighted by molar-refractivity contribution is 6.34. The predicted molar refractivity (Wildman–Crippen MR) is 88.2 cm³/mol. The number of likely N-dealkylation sites (N-methyl/N-ethyl adjacent to an activating group) is 1. The van der Waals surface area contributed by atoms with Gasteiger partial charge in [0.15, 0.2) is 5.76 Å². The van der Waals surface area contributed by atoms with E-state index in [9.17, 15) is 14.7 Å². The maximum atomic E-state index is 12.5. The quantitative estimate of drug-likeness (QED) is 0.837. The average molecular weight is 358 g/mol. The normalized spacial score (nSPS) is 14.6. The number of benzene rings is 1. The molecule has 0 radical (unpaired) electrons. The van der Waals surface area contributed by atoms with Gasteiger partial charge in [-0.25, -0.2) is 0 Å². The zero-order chi connectivity index (χ0) is 17.1. The highest BCUT2D eigenvalue weighted by Crippen LogP contribution is 2.22. The number of halogens is 2. The Balaban J connectivity index is 2.12. The molecule has 8 heteroatoms. The molecule has 0 saturated carbocycles. The van der Waals surface area contributed by atoms with Crippen molar-refractivity contribution in [3.8, 4) is 0 Å². The summed E-state index contributed by atoms with van der Waals surface area (Å²) in [6, 6.07) is 5.00. The standard InChI is InChI=1S/C15H17Cl2N3O3/c1-19(7-9-4-10(16)6-11(17)5-9)14(22)12-8-20(3-2-18)15(23)13(12)21/h4-6,21H,2-3,7-8,18H2,1H3. The third-order valence-electron chi connectivity index (χ3n) is 3.47. The number of aliphatic hydroxyl groups excluding tert-OH is 1. The molecular formula is C15H17Cl2N3O3. The number of aliphatic hydroxyl groups is 1. The van der Waals surface area contributed by atoms with Gasteiger partial charge in [0.05, 0.1) is 12.1 Å². The van der Waals surface area contributed by atoms with Gasteiger partial charge >= 0.3 is 0 Å². The Labute approximate surface area is 144 Å². The molecule has 1 aliphatic heterocycles. The third kappa shape index (κ3) is 3.96. The highest BCUT2D eigenvalue weighted by Gasteiger charge is 2.34. The summed E-state index contributed by atoms with van der Waals surface area (Å²) >= 11 is 11.9. The molecule has 2 rings (SSSR count). The van der Waals surface area contributed by atoms with Crippen molar-refractivity contribution in [1.29, 1.82) is 0 Å². The lowest BCUT2D eigenvalue weighted by molar-refractivity contribution is -0.128. The van der Waals surface area contributed by atoms with E-state index in [1.165, 1.54) is 9.80 Å². The number of rotatable bonds is 5. The van der Waals surface area contributed by atoms with Gasteiger partial charge < -0.3 is 20.6 Å². The van der Waals surface area contributed by atoms with Crippen LogP contribution in [0.15, 0.2) is 29.5 Å². The van der Waals surface area contributed by atoms with E-state index in [2.05, 4.69) is 0 Å². The van der Waals surface area contributed by atoms with E-state index in [-0.39, 0.29) is 31.8 Å². The fourth-order valence-corrected chi connectivity index (χ4v) is 2.97. The summed E-state index contributed by atoms with van der Waals surface area (Å²) in [5, 5.41) is 10.8. The number of nitrogens with zero attached hydrogens (tertiary/aromatic N) is 2. The van der Waals surface area contributed by atoms with Crippen LogP contribution in [-0.4, -0.2) is 53.4 Å². The fourth-order valence-electron chi connectivity index (χ4n) is 2.40. The first kappa shape index (κ1) is 17.6. The predicted octanol–water partition coefficient (Wildman–Crippen LogP) is 1.56. The van der Waals surface area contributed by atoms with E-state index in [1.807, 2.05) is 0 Å². The van der Waals surface area contributed by atoms with Gasteiger partial charge in [0.25, 0.3) is 11.8 Å². The summed E-state index contributed by atoms with van der Waals surface area (Å²) in [4.78, 5) is 27.0. The maximum Gasteiger partial charge on any atom is 0.289 e. The third-order valence-corrected chi connectivity index (χ3v) is 3.91. The number of hydrogen-bond acceptors (Lipinski definition) is 4. The molecule has 1 aliphatic rings. The minimum atomic E-state index is -0.571. The molecule has 3 N–H and O–H groups in total. The molecule has 124 valence electrons. The van der Waals surface area contributed by atoms with E-state index in [1.54, 1.807) is 25.2 Å². The van der Waals surface area contributed by atoms with Gasteiger partial charge in [0.2, 0.25) is 0 Å². The molecule has 2 amide bonds. The summed E-state index contributed by atoms with van der Waals surface area (Å²) in [6.45, 7) is 0.854. The van der Waals surface area contributed by atoms with Crippen molar-refractivity contribution in [3.63, 3.8) is 0 Å². The Morgan fingerprint density at radius 1 is 1.35 bits per heavy atom. The number of hydrogen-bond donors (Lipinski definition) is 2. The lowest BCUT2D eigenvalue weighted by Crippen LogP contribution is -2.34. The van der Waals surface area contributed by atoms with Crippen LogP contribution in [0.2, 0.25) is 10.0 Å². The van der Waals surface area contributed by atoms with Crippen LogP contribution >= 0.6 is 23.2 Å². The summed E-state index contributed by atoms with van der Waals surface area (Å²) in [7, 11) is 1.58. The molecule has 0 unspecified atom stereocenters. The Morgan fingerprint density at radius 3 is 2.52 bits per heavy atom. The van der Waals surface area contributed by atoms with Crippen LogP contribution in [0, 0.1) is 0 Å². The number of amides is 2. The summed E-state index contributed by atoms with van der Waals surface area (Å²) in [5.74, 6) is -1.51. The minimum Gasteiger partial charge on any atom is -0.503 e. The summed E-state index contributed by atoms with van der Waals surface area (Å²) in [5.41, 5.74) is 6.23. The Kier molecular flexibility index (Phi) is 5.51. The number of nitrogens with two attached hydrogens (primary N) is 1. The smallest absolute Gasteiger partial charge is 0.289 e. The Hall–Kier alpha value is -1.76. The topological polar surface area (TPSA) is 86.9 Å². The van der Waals surface area contributed by atoms with Gasteiger partial charge in [0, 0.05) is 36.7 Å². The molecule has 1 heterocycles. The second-order valence-corrected chi connectivity index (χ2v) is 6.15. The van der Waals surface area contributed by atoms with E-state index in [4.69, 9.17) is 28.9 Å². The van der Waals surface area contributed by atoms with E-state index in [0.29, 0.717) is 10.0 Å². The van der Waals surface area contributed by atoms with Gasteiger partial charge in [0.1, 0.15) is 0 Å². The molecule has 0 bridgehead atoms. The first-order valence-corrected chi connectivity index (χ1v) is 7.71. The molecule has 0 aromatic heterocycles. The van der Waals surface area contributed by atoms with Crippen molar-refractivity contribution < 1.29 is 14.7 Å². The first-order valence-electron chi connectivity index (χ1n) is 6.95. The second-order valence-electron chi connectivity index (χ2n) is 5.28. The summed E-state index contributed by atoms with van der Waals surface area (Å²) < 4.78 is 0. The number of carbonyl (C=O) groups is 2. The van der Waals surface area contributed by atoms with Crippen LogP contribution < -0.4 is 5.73 Å². The van der Waals surface area contributed by atoms with Crippen LogP contribution in [0.4, 0.5) is 0 Å². The molecule has 0 atom stereocenters. The van der Waals surface area contributed by atoms with Crippen molar-refractivity contribution >= 4 is 35.0 Å². The van der Waals surface area contributed by atoms with Crippen molar-refractivity contribution in [1.82, 2.24) is 9.80 Å². The SMILES string of the molecule is CN(Cc1cc(Cl)cc(Cl)c1)C(=O)C1=C(O)C(=O)N(CCN)C1. The lowest BCUT2D eigenvalue weighted by atomic mass is 10.2. The van der Waals surface area contributed by atoms with Crippen molar-refractivity contribution in [2.24, 2.45) is 5.73 Å². The molecule has 0 aliphatic carbocycles. The lowest BCUT2D eigenvalue weighted by Gasteiger charge is -2.19. The van der Waals surface area contributed by atoms with Gasteiger partial charge in [-0.15, -0.1) is 0 Å². The average Bonchev–Trinajstić information content (AvgIpc) is 2.74. The molecule has 1 aromatic rings. The molecule has 0 spiro atoms. The van der Waals surface area contributed by atoms with Gasteiger partial charge in [-0.05, 0) is 23.8 Å². The van der Waals surface area contributed by atoms with E-state index >= 15 is 0 Å². The molecule has 6 nitrogen and oxygen atoms in total. The molecular weight excluding hydrogens is 341 g/mol. The highest BCUT2D eigenvalue weighted by atomic mass is 35.5. The van der Waals surface area contributed by atoms with Crippen LogP contribution in [0.3, 0.4) is 0 Å². The monoisotopic (exact) mass is 357 g/mol. The van der Waals surface area contributed by atoms with E-state index < -0.39 is 17.6 Å². The van der Waals surface area contributed by atoms with Gasteiger partial charge in [-0.1, -0.05) is 23.2 Å². The van der Waals surface area contributed by atoms with Crippen molar-refractivity contribution in [2.45, 2.75) is 6.54 Å². The second kappa shape index (κ2) is 7.21. The Morgan fingerprint density at radius 2 is 1.96 bits per heavy atom. The Bertz CT molecular complexity index is 656. The minimum absolute atomic E-state index is 0.0569. The summed E-state index contributed by atoms with van der Waals surface area (Å²) in [6.07, 6.45) is 0. The van der Waals surface area contributed by atoms with Crippen molar-refractivity contribution in [2.75, 3.05) is 26.7 Å². The number of carbonyl (C=O) groups excluding carboxylic acids is 2. The zero-order valence-electron chi connectivity index (χ0n) is 12.6. The largest absolute Gasteiger partial charge is 0.503 e. The van der Waals surface area contributed by atoms with Crippen LogP contribution in [0.25, 0.3) is 0 Å². The van der Waals surface area contributed by atoms with Crippen LogP contribution in [0.1, 0.15) is 5.56 Å². The molecule has 0 saturated heterocycles. The first-order chi connectivity index (χ1) is 10.8. The molecule has 0 fully saturated rings. The van der Waals surface area contributed by atoms with Crippen LogP contribution in [0.5, 0.6) is 0 Å². The van der Waals surface area contributed by atoms with Gasteiger partial charge in [-0.2, -0.15) is 0 Å². The van der Waals surface area contributed by atoms with Crippen LogP contribution in [-0.2, 0) is 16.1 Å². The maximum absolute atomic E-state index is 12.5. The zero-order valence-corrected chi connectivity index (χ0v) is 14.1. The van der Waals surface area contributed by atoms with Crippen molar-refractivity contribution in [3.05, 3.63) is 45.1 Å². The van der Waals surface area contributed by atoms with Gasteiger partial charge in [-0.3, -0.25) is 9.59 Å². The van der Waals surface area contributed by atoms with E-state index in [0.717, 1.165) is 5.56 Å².